The zero-order valence-corrected chi connectivity index (χ0v) is 10.7. The Morgan fingerprint density at radius 1 is 1.41 bits per heavy atom. The number of carbonyl (C=O) groups excluding carboxylic acids is 1. The van der Waals surface area contributed by atoms with Gasteiger partial charge in [0.2, 0.25) is 0 Å². The minimum absolute atomic E-state index is 0.130. The van der Waals surface area contributed by atoms with E-state index in [4.69, 9.17) is 9.47 Å². The standard InChI is InChI=1S/C14H18O3/c1-9-7-11(5-6-12(9)16-3)14(8-10(14)2)13(15)17-4/h5-7,10H,8H2,1-4H3. The molecule has 1 aromatic carbocycles. The molecular formula is C14H18O3. The first-order valence-corrected chi connectivity index (χ1v) is 5.79. The second kappa shape index (κ2) is 4.06. The number of aryl methyl sites for hydroxylation is 1. The molecule has 2 rings (SSSR count). The molecule has 0 bridgehead atoms. The van der Waals surface area contributed by atoms with Gasteiger partial charge in [-0.25, -0.2) is 0 Å². The van der Waals surface area contributed by atoms with E-state index in [9.17, 15) is 4.79 Å². The van der Waals surface area contributed by atoms with E-state index in [1.165, 1.54) is 7.11 Å². The third-order valence-electron chi connectivity index (χ3n) is 3.77. The summed E-state index contributed by atoms with van der Waals surface area (Å²) in [6.07, 6.45) is 0.867. The Balaban J connectivity index is 2.40. The van der Waals surface area contributed by atoms with Crippen molar-refractivity contribution >= 4 is 5.97 Å². The van der Waals surface area contributed by atoms with Crippen LogP contribution in [0.15, 0.2) is 18.2 Å². The highest BCUT2D eigenvalue weighted by molar-refractivity contribution is 5.87. The van der Waals surface area contributed by atoms with E-state index in [2.05, 4.69) is 6.92 Å². The minimum Gasteiger partial charge on any atom is -0.496 e. The van der Waals surface area contributed by atoms with Gasteiger partial charge in [0.1, 0.15) is 5.75 Å². The quantitative estimate of drug-likeness (QED) is 0.754. The zero-order valence-electron chi connectivity index (χ0n) is 10.7. The maximum absolute atomic E-state index is 11.9. The molecule has 2 atom stereocenters. The normalized spacial score (nSPS) is 26.5. The predicted octanol–water partition coefficient (Wildman–Crippen LogP) is 2.45. The first-order valence-electron chi connectivity index (χ1n) is 5.79. The number of benzene rings is 1. The van der Waals surface area contributed by atoms with Gasteiger partial charge in [-0.2, -0.15) is 0 Å². The number of hydrogen-bond donors (Lipinski definition) is 0. The molecule has 92 valence electrons. The molecule has 0 spiro atoms. The van der Waals surface area contributed by atoms with Gasteiger partial charge in [0, 0.05) is 0 Å². The Kier molecular flexibility index (Phi) is 2.86. The van der Waals surface area contributed by atoms with Crippen molar-refractivity contribution in [1.82, 2.24) is 0 Å². The topological polar surface area (TPSA) is 35.5 Å². The molecule has 1 saturated carbocycles. The molecule has 0 radical (unpaired) electrons. The molecule has 0 aliphatic heterocycles. The number of methoxy groups -OCH3 is 2. The highest BCUT2D eigenvalue weighted by Gasteiger charge is 2.59. The average molecular weight is 234 g/mol. The summed E-state index contributed by atoms with van der Waals surface area (Å²) in [5, 5.41) is 0. The zero-order chi connectivity index (χ0) is 12.6. The van der Waals surface area contributed by atoms with Gasteiger partial charge in [-0.1, -0.05) is 19.1 Å². The fourth-order valence-corrected chi connectivity index (χ4v) is 2.57. The third-order valence-corrected chi connectivity index (χ3v) is 3.77. The van der Waals surface area contributed by atoms with Crippen molar-refractivity contribution in [2.75, 3.05) is 14.2 Å². The van der Waals surface area contributed by atoms with Crippen molar-refractivity contribution in [2.24, 2.45) is 5.92 Å². The van der Waals surface area contributed by atoms with Crippen LogP contribution in [0.1, 0.15) is 24.5 Å². The molecule has 0 aromatic heterocycles. The largest absolute Gasteiger partial charge is 0.496 e. The number of hydrogen-bond acceptors (Lipinski definition) is 3. The highest BCUT2D eigenvalue weighted by atomic mass is 16.5. The lowest BCUT2D eigenvalue weighted by atomic mass is 9.92. The van der Waals surface area contributed by atoms with Crippen LogP contribution in [0.5, 0.6) is 5.75 Å². The van der Waals surface area contributed by atoms with Crippen LogP contribution in [-0.2, 0) is 14.9 Å². The first-order chi connectivity index (χ1) is 8.06. The Labute approximate surface area is 102 Å². The van der Waals surface area contributed by atoms with Gasteiger partial charge in [-0.3, -0.25) is 4.79 Å². The van der Waals surface area contributed by atoms with E-state index in [0.717, 1.165) is 23.3 Å². The Morgan fingerprint density at radius 3 is 2.47 bits per heavy atom. The number of esters is 1. The van der Waals surface area contributed by atoms with E-state index >= 15 is 0 Å². The lowest BCUT2D eigenvalue weighted by molar-refractivity contribution is -0.144. The molecule has 3 heteroatoms. The van der Waals surface area contributed by atoms with E-state index < -0.39 is 5.41 Å². The van der Waals surface area contributed by atoms with Crippen LogP contribution in [0, 0.1) is 12.8 Å². The SMILES string of the molecule is COC(=O)C1(c2ccc(OC)c(C)c2)CC1C. The molecular weight excluding hydrogens is 216 g/mol. The average Bonchev–Trinajstić information content (AvgIpc) is 3.01. The van der Waals surface area contributed by atoms with Crippen molar-refractivity contribution in [2.45, 2.75) is 25.7 Å². The Bertz CT molecular complexity index is 453. The van der Waals surface area contributed by atoms with Crippen LogP contribution in [0.2, 0.25) is 0 Å². The Hall–Kier alpha value is -1.51. The summed E-state index contributed by atoms with van der Waals surface area (Å²) in [6, 6.07) is 5.91. The van der Waals surface area contributed by atoms with Crippen LogP contribution in [0.4, 0.5) is 0 Å². The van der Waals surface area contributed by atoms with Crippen LogP contribution in [0.25, 0.3) is 0 Å². The van der Waals surface area contributed by atoms with Gasteiger partial charge < -0.3 is 9.47 Å². The summed E-state index contributed by atoms with van der Waals surface area (Å²) in [5.41, 5.74) is 1.66. The maximum atomic E-state index is 11.9. The van der Waals surface area contributed by atoms with Gasteiger partial charge >= 0.3 is 5.97 Å². The van der Waals surface area contributed by atoms with Crippen LogP contribution < -0.4 is 4.74 Å². The molecule has 2 unspecified atom stereocenters. The Morgan fingerprint density at radius 2 is 2.06 bits per heavy atom. The molecule has 0 N–H and O–H groups in total. The second-order valence-corrected chi connectivity index (χ2v) is 4.75. The van der Waals surface area contributed by atoms with E-state index in [1.807, 2.05) is 25.1 Å². The molecule has 3 nitrogen and oxygen atoms in total. The summed E-state index contributed by atoms with van der Waals surface area (Å²) in [6.45, 7) is 4.07. The first kappa shape index (κ1) is 12.0. The van der Waals surface area contributed by atoms with Crippen molar-refractivity contribution in [3.63, 3.8) is 0 Å². The van der Waals surface area contributed by atoms with Crippen LogP contribution in [0.3, 0.4) is 0 Å². The summed E-state index contributed by atoms with van der Waals surface area (Å²) < 4.78 is 10.2. The summed E-state index contributed by atoms with van der Waals surface area (Å²) in [4.78, 5) is 11.9. The fraction of sp³-hybridized carbons (Fsp3) is 0.500. The molecule has 1 aliphatic rings. The maximum Gasteiger partial charge on any atom is 0.316 e. The predicted molar refractivity (Wildman–Crippen MR) is 65.2 cm³/mol. The fourth-order valence-electron chi connectivity index (χ4n) is 2.57. The van der Waals surface area contributed by atoms with Crippen molar-refractivity contribution in [3.8, 4) is 5.75 Å². The van der Waals surface area contributed by atoms with Crippen molar-refractivity contribution < 1.29 is 14.3 Å². The smallest absolute Gasteiger partial charge is 0.316 e. The lowest BCUT2D eigenvalue weighted by Crippen LogP contribution is -2.24. The van der Waals surface area contributed by atoms with Gasteiger partial charge in [-0.15, -0.1) is 0 Å². The van der Waals surface area contributed by atoms with E-state index in [1.54, 1.807) is 7.11 Å². The second-order valence-electron chi connectivity index (χ2n) is 4.75. The van der Waals surface area contributed by atoms with Gasteiger partial charge in [-0.05, 0) is 36.5 Å². The molecule has 1 aliphatic carbocycles. The molecule has 0 amide bonds. The summed E-state index contributed by atoms with van der Waals surface area (Å²) >= 11 is 0. The van der Waals surface area contributed by atoms with Crippen molar-refractivity contribution in [1.29, 1.82) is 0 Å². The van der Waals surface area contributed by atoms with Crippen LogP contribution >= 0.6 is 0 Å². The number of rotatable bonds is 3. The van der Waals surface area contributed by atoms with Gasteiger partial charge in [0.05, 0.1) is 19.6 Å². The molecule has 1 aromatic rings. The third kappa shape index (κ3) is 1.70. The molecule has 17 heavy (non-hydrogen) atoms. The molecule has 1 fully saturated rings. The van der Waals surface area contributed by atoms with E-state index in [-0.39, 0.29) is 5.97 Å². The minimum atomic E-state index is -0.425. The van der Waals surface area contributed by atoms with Gasteiger partial charge in [0.25, 0.3) is 0 Å². The monoisotopic (exact) mass is 234 g/mol. The lowest BCUT2D eigenvalue weighted by Gasteiger charge is -2.16. The molecule has 0 heterocycles. The highest BCUT2D eigenvalue weighted by Crippen LogP contribution is 2.55. The van der Waals surface area contributed by atoms with E-state index in [0.29, 0.717) is 5.92 Å². The van der Waals surface area contributed by atoms with Gasteiger partial charge in [0.15, 0.2) is 0 Å². The molecule has 0 saturated heterocycles. The summed E-state index contributed by atoms with van der Waals surface area (Å²) in [7, 11) is 3.10. The van der Waals surface area contributed by atoms with Crippen molar-refractivity contribution in [3.05, 3.63) is 29.3 Å². The van der Waals surface area contributed by atoms with Crippen LogP contribution in [-0.4, -0.2) is 20.2 Å². The number of carbonyl (C=O) groups is 1. The number of ether oxygens (including phenoxy) is 2. The summed E-state index contributed by atoms with van der Waals surface area (Å²) in [5.74, 6) is 1.07.